The number of aromatic nitrogens is 3. The minimum atomic E-state index is -1.00. The summed E-state index contributed by atoms with van der Waals surface area (Å²) in [6.45, 7) is 0. The quantitative estimate of drug-likeness (QED) is 0.402. The van der Waals surface area contributed by atoms with E-state index in [2.05, 4.69) is 34.3 Å². The Hall–Kier alpha value is -3.18. The Bertz CT molecular complexity index is 1260. The molecular weight excluding hydrogens is 410 g/mol. The molecule has 0 saturated heterocycles. The third-order valence-corrected chi connectivity index (χ3v) is 6.38. The monoisotopic (exact) mass is 431 g/mol. The maximum atomic E-state index is 11.6. The number of carbonyl (C=O) groups is 1. The predicted molar refractivity (Wildman–Crippen MR) is 122 cm³/mol. The van der Waals surface area contributed by atoms with Crippen molar-refractivity contribution in [3.05, 3.63) is 77.2 Å². The third kappa shape index (κ3) is 3.70. The number of fused-ring (bicyclic) bond motifs is 1. The zero-order valence-electron chi connectivity index (χ0n) is 17.0. The summed E-state index contributed by atoms with van der Waals surface area (Å²) in [7, 11) is 0. The van der Waals surface area contributed by atoms with Gasteiger partial charge in [-0.25, -0.2) is 14.3 Å². The topological polar surface area (TPSA) is 67.5 Å². The highest BCUT2D eigenvalue weighted by atomic mass is 35.5. The van der Waals surface area contributed by atoms with Gasteiger partial charge in [0.25, 0.3) is 0 Å². The van der Waals surface area contributed by atoms with Gasteiger partial charge in [-0.2, -0.15) is 5.10 Å². The van der Waals surface area contributed by atoms with Crippen molar-refractivity contribution in [2.75, 3.05) is 0 Å². The van der Waals surface area contributed by atoms with Gasteiger partial charge in [0, 0.05) is 22.7 Å². The van der Waals surface area contributed by atoms with Crippen LogP contribution in [0.2, 0.25) is 5.02 Å². The van der Waals surface area contributed by atoms with Crippen LogP contribution in [0.3, 0.4) is 0 Å². The molecule has 1 aliphatic carbocycles. The van der Waals surface area contributed by atoms with Gasteiger partial charge in [-0.15, -0.1) is 0 Å². The van der Waals surface area contributed by atoms with E-state index in [-0.39, 0.29) is 5.56 Å². The van der Waals surface area contributed by atoms with Gasteiger partial charge in [-0.05, 0) is 41.7 Å². The van der Waals surface area contributed by atoms with Crippen LogP contribution in [0.5, 0.6) is 0 Å². The summed E-state index contributed by atoms with van der Waals surface area (Å²) in [4.78, 5) is 16.1. The molecule has 5 rings (SSSR count). The number of benzene rings is 2. The Morgan fingerprint density at radius 1 is 0.968 bits per heavy atom. The minimum Gasteiger partial charge on any atom is -0.477 e. The molecule has 0 aliphatic heterocycles. The third-order valence-electron chi connectivity index (χ3n) is 6.14. The summed E-state index contributed by atoms with van der Waals surface area (Å²) in [5.41, 5.74) is 5.83. The molecular formula is C25H22ClN3O2. The second kappa shape index (κ2) is 8.16. The lowest BCUT2D eigenvalue weighted by atomic mass is 9.84. The first kappa shape index (κ1) is 19.8. The molecule has 2 aromatic carbocycles. The summed E-state index contributed by atoms with van der Waals surface area (Å²) in [6, 6.07) is 16.2. The van der Waals surface area contributed by atoms with Gasteiger partial charge in [0.2, 0.25) is 0 Å². The van der Waals surface area contributed by atoms with Crippen LogP contribution in [-0.2, 0) is 0 Å². The van der Waals surface area contributed by atoms with Gasteiger partial charge >= 0.3 is 5.97 Å². The molecule has 1 N–H and O–H groups in total. The van der Waals surface area contributed by atoms with Gasteiger partial charge in [-0.3, -0.25) is 0 Å². The molecule has 2 aromatic heterocycles. The fourth-order valence-electron chi connectivity index (χ4n) is 4.60. The molecule has 0 atom stereocenters. The Labute approximate surface area is 185 Å². The molecule has 0 unspecified atom stereocenters. The first-order chi connectivity index (χ1) is 15.1. The van der Waals surface area contributed by atoms with E-state index in [4.69, 9.17) is 11.6 Å². The lowest BCUT2D eigenvalue weighted by molar-refractivity contribution is 0.0698. The maximum absolute atomic E-state index is 11.6. The van der Waals surface area contributed by atoms with Gasteiger partial charge < -0.3 is 5.11 Å². The normalized spacial score (nSPS) is 14.7. The number of aromatic carboxylic acids is 1. The van der Waals surface area contributed by atoms with Crippen LogP contribution >= 0.6 is 11.6 Å². The number of halogens is 1. The molecule has 0 spiro atoms. The smallest absolute Gasteiger partial charge is 0.341 e. The van der Waals surface area contributed by atoms with E-state index in [0.29, 0.717) is 16.6 Å². The van der Waals surface area contributed by atoms with Crippen molar-refractivity contribution in [3.63, 3.8) is 0 Å². The highest BCUT2D eigenvalue weighted by molar-refractivity contribution is 6.30. The minimum absolute atomic E-state index is 0.139. The molecule has 0 bridgehead atoms. The summed E-state index contributed by atoms with van der Waals surface area (Å²) in [5, 5.41) is 14.7. The number of carboxylic acids is 1. The molecule has 0 radical (unpaired) electrons. The van der Waals surface area contributed by atoms with Gasteiger partial charge in [-0.1, -0.05) is 67.3 Å². The van der Waals surface area contributed by atoms with E-state index in [9.17, 15) is 9.90 Å². The fourth-order valence-corrected chi connectivity index (χ4v) is 4.79. The Morgan fingerprint density at radius 2 is 1.71 bits per heavy atom. The number of hydrogen-bond acceptors (Lipinski definition) is 3. The van der Waals surface area contributed by atoms with Gasteiger partial charge in [0.1, 0.15) is 5.56 Å². The maximum Gasteiger partial charge on any atom is 0.341 e. The van der Waals surface area contributed by atoms with Crippen LogP contribution in [0.1, 0.15) is 54.1 Å². The molecule has 1 aliphatic rings. The average Bonchev–Trinajstić information content (AvgIpc) is 3.24. The fraction of sp³-hybridized carbons (Fsp3) is 0.240. The van der Waals surface area contributed by atoms with Crippen LogP contribution in [0, 0.1) is 0 Å². The number of rotatable bonds is 4. The first-order valence-corrected chi connectivity index (χ1v) is 11.0. The van der Waals surface area contributed by atoms with Crippen LogP contribution < -0.4 is 0 Å². The summed E-state index contributed by atoms with van der Waals surface area (Å²) < 4.78 is 1.75. The van der Waals surface area contributed by atoms with Crippen LogP contribution in [0.25, 0.3) is 27.9 Å². The summed E-state index contributed by atoms with van der Waals surface area (Å²) in [6.07, 6.45) is 8.96. The molecule has 6 heteroatoms. The molecule has 1 fully saturated rings. The molecule has 31 heavy (non-hydrogen) atoms. The summed E-state index contributed by atoms with van der Waals surface area (Å²) in [5.74, 6) is -0.667. The predicted octanol–water partition coefficient (Wildman–Crippen LogP) is 6.46. The zero-order valence-corrected chi connectivity index (χ0v) is 17.7. The van der Waals surface area contributed by atoms with E-state index in [0.717, 1.165) is 40.8 Å². The second-order valence-corrected chi connectivity index (χ2v) is 8.51. The largest absolute Gasteiger partial charge is 0.477 e. The Kier molecular flexibility index (Phi) is 5.20. The van der Waals surface area contributed by atoms with Crippen molar-refractivity contribution < 1.29 is 9.90 Å². The van der Waals surface area contributed by atoms with Gasteiger partial charge in [0.05, 0.1) is 11.9 Å². The van der Waals surface area contributed by atoms with Crippen molar-refractivity contribution in [3.8, 4) is 22.3 Å². The van der Waals surface area contributed by atoms with Crippen molar-refractivity contribution >= 4 is 23.2 Å². The molecule has 156 valence electrons. The Morgan fingerprint density at radius 3 is 2.42 bits per heavy atom. The zero-order chi connectivity index (χ0) is 21.4. The van der Waals surface area contributed by atoms with Crippen molar-refractivity contribution in [2.45, 2.75) is 38.0 Å². The second-order valence-electron chi connectivity index (χ2n) is 8.08. The number of carboxylic acid groups (broad SMARTS) is 1. The van der Waals surface area contributed by atoms with E-state index in [1.165, 1.54) is 25.5 Å². The highest BCUT2D eigenvalue weighted by Crippen LogP contribution is 2.38. The van der Waals surface area contributed by atoms with Crippen LogP contribution in [0.4, 0.5) is 0 Å². The lowest BCUT2D eigenvalue weighted by Crippen LogP contribution is -2.13. The SMILES string of the molecule is O=C(O)c1cnn2c(C3CCCCC3)c(-c3ccc(-c4cccc(Cl)c4)cc3)cnc12. The average molecular weight is 432 g/mol. The molecule has 4 aromatic rings. The number of hydrogen-bond donors (Lipinski definition) is 1. The van der Waals surface area contributed by atoms with Crippen molar-refractivity contribution in [1.29, 1.82) is 0 Å². The van der Waals surface area contributed by atoms with Crippen LogP contribution in [-0.4, -0.2) is 25.7 Å². The molecule has 2 heterocycles. The Balaban J connectivity index is 1.62. The first-order valence-electron chi connectivity index (χ1n) is 10.6. The van der Waals surface area contributed by atoms with E-state index >= 15 is 0 Å². The van der Waals surface area contributed by atoms with Crippen molar-refractivity contribution in [1.82, 2.24) is 14.6 Å². The lowest BCUT2D eigenvalue weighted by Gasteiger charge is -2.25. The van der Waals surface area contributed by atoms with Crippen molar-refractivity contribution in [2.24, 2.45) is 0 Å². The van der Waals surface area contributed by atoms with E-state index in [1.807, 2.05) is 30.5 Å². The molecule has 1 saturated carbocycles. The highest BCUT2D eigenvalue weighted by Gasteiger charge is 2.25. The summed E-state index contributed by atoms with van der Waals surface area (Å²) >= 11 is 6.15. The van der Waals surface area contributed by atoms with Gasteiger partial charge in [0.15, 0.2) is 5.65 Å². The standard InChI is InChI=1S/C25H22ClN3O2/c26-20-8-4-7-19(13-20)16-9-11-17(12-10-16)21-14-27-24-22(25(30)31)15-28-29(24)23(21)18-5-2-1-3-6-18/h4,7-15,18H,1-3,5-6H2,(H,30,31). The number of nitrogens with zero attached hydrogens (tertiary/aromatic N) is 3. The van der Waals surface area contributed by atoms with E-state index in [1.54, 1.807) is 4.52 Å². The van der Waals surface area contributed by atoms with E-state index < -0.39 is 5.97 Å². The van der Waals surface area contributed by atoms with Crippen LogP contribution in [0.15, 0.2) is 60.9 Å². The molecule has 0 amide bonds. The molecule has 5 nitrogen and oxygen atoms in total.